The molecule has 0 aliphatic heterocycles. The first-order valence-electron chi connectivity index (χ1n) is 13.4. The van der Waals surface area contributed by atoms with E-state index in [0.29, 0.717) is 19.4 Å². The maximum absolute atomic E-state index is 14.3. The first-order valence-corrected chi connectivity index (χ1v) is 13.4. The summed E-state index contributed by atoms with van der Waals surface area (Å²) in [5, 5.41) is 5.88. The minimum Gasteiger partial charge on any atom is -0.444 e. The number of carbonyl (C=O) groups is 3. The largest absolute Gasteiger partial charge is 0.444 e. The van der Waals surface area contributed by atoms with Crippen molar-refractivity contribution in [3.63, 3.8) is 0 Å². The zero-order valence-corrected chi connectivity index (χ0v) is 23.9. The van der Waals surface area contributed by atoms with E-state index in [-0.39, 0.29) is 17.7 Å². The Morgan fingerprint density at radius 1 is 0.972 bits per heavy atom. The molecule has 0 saturated carbocycles. The van der Waals surface area contributed by atoms with Crippen molar-refractivity contribution in [2.45, 2.75) is 118 Å². The fraction of sp³-hybridized carbons (Fsp3) is 0.690. The molecular weight excluding hydrogens is 454 g/mol. The molecule has 0 aliphatic rings. The molecule has 3 atom stereocenters. The molecule has 1 aromatic carbocycles. The van der Waals surface area contributed by atoms with Gasteiger partial charge in [0.25, 0.3) is 0 Å². The van der Waals surface area contributed by atoms with E-state index in [2.05, 4.69) is 17.6 Å². The quantitative estimate of drug-likeness (QED) is 0.324. The van der Waals surface area contributed by atoms with Crippen molar-refractivity contribution in [2.24, 2.45) is 5.92 Å². The SMILES string of the molecule is CCCCCNC(=O)C(c1ccccc1)N(C(=O)C(NC(=O)OC(C)(C)C)C(C)CC)C(C)(C)CC. The Morgan fingerprint density at radius 3 is 2.08 bits per heavy atom. The fourth-order valence-corrected chi connectivity index (χ4v) is 3.95. The highest BCUT2D eigenvalue weighted by molar-refractivity contribution is 5.92. The van der Waals surface area contributed by atoms with Crippen LogP contribution < -0.4 is 10.6 Å². The number of rotatable bonds is 13. The highest BCUT2D eigenvalue weighted by Crippen LogP contribution is 2.33. The van der Waals surface area contributed by atoms with Crippen molar-refractivity contribution in [3.8, 4) is 0 Å². The molecule has 0 saturated heterocycles. The molecule has 0 heterocycles. The van der Waals surface area contributed by atoms with E-state index < -0.39 is 29.3 Å². The zero-order valence-electron chi connectivity index (χ0n) is 23.9. The van der Waals surface area contributed by atoms with E-state index in [9.17, 15) is 14.4 Å². The molecule has 3 unspecified atom stereocenters. The van der Waals surface area contributed by atoms with E-state index in [1.54, 1.807) is 25.7 Å². The average Bonchev–Trinajstić information content (AvgIpc) is 2.81. The minimum absolute atomic E-state index is 0.163. The summed E-state index contributed by atoms with van der Waals surface area (Å²) in [5.74, 6) is -0.670. The van der Waals surface area contributed by atoms with Crippen LogP contribution in [0.5, 0.6) is 0 Å². The van der Waals surface area contributed by atoms with E-state index >= 15 is 0 Å². The molecule has 0 aromatic heterocycles. The number of benzene rings is 1. The van der Waals surface area contributed by atoms with Gasteiger partial charge in [0.2, 0.25) is 11.8 Å². The number of nitrogens with zero attached hydrogens (tertiary/aromatic N) is 1. The minimum atomic E-state index is -0.838. The molecule has 0 spiro atoms. The number of carbonyl (C=O) groups excluding carboxylic acids is 3. The van der Waals surface area contributed by atoms with Crippen molar-refractivity contribution in [1.29, 1.82) is 0 Å². The van der Waals surface area contributed by atoms with Crippen LogP contribution in [0.25, 0.3) is 0 Å². The van der Waals surface area contributed by atoms with Gasteiger partial charge in [0.05, 0.1) is 0 Å². The number of unbranched alkanes of at least 4 members (excludes halogenated alkanes) is 2. The van der Waals surface area contributed by atoms with E-state index in [4.69, 9.17) is 4.74 Å². The summed E-state index contributed by atoms with van der Waals surface area (Å²) < 4.78 is 5.47. The standard InChI is InChI=1S/C29H49N3O4/c1-10-13-17-20-30-25(33)24(22-18-15-14-16-19-22)32(29(8,9)12-3)26(34)23(21(4)11-2)31-27(35)36-28(5,6)7/h14-16,18-19,21,23-24H,10-13,17,20H2,1-9H3,(H,30,33)(H,31,35). The van der Waals surface area contributed by atoms with Crippen LogP contribution in [0, 0.1) is 5.92 Å². The number of alkyl carbamates (subject to hydrolysis) is 1. The Kier molecular flexibility index (Phi) is 12.4. The molecule has 7 nitrogen and oxygen atoms in total. The lowest BCUT2D eigenvalue weighted by Crippen LogP contribution is -2.60. The zero-order chi connectivity index (χ0) is 27.5. The van der Waals surface area contributed by atoms with Crippen LogP contribution in [0.2, 0.25) is 0 Å². The number of nitrogens with one attached hydrogen (secondary N) is 2. The molecule has 1 rings (SSSR count). The summed E-state index contributed by atoms with van der Waals surface area (Å²) in [5.41, 5.74) is -0.610. The molecule has 3 amide bonds. The first kappa shape index (κ1) is 31.5. The van der Waals surface area contributed by atoms with Crippen LogP contribution in [-0.2, 0) is 14.3 Å². The molecule has 0 bridgehead atoms. The summed E-state index contributed by atoms with van der Waals surface area (Å²) in [6.45, 7) is 17.9. The van der Waals surface area contributed by atoms with Crippen LogP contribution in [0.4, 0.5) is 4.79 Å². The van der Waals surface area contributed by atoms with E-state index in [1.165, 1.54) is 0 Å². The van der Waals surface area contributed by atoms with Gasteiger partial charge in [-0.1, -0.05) is 77.3 Å². The topological polar surface area (TPSA) is 87.7 Å². The van der Waals surface area contributed by atoms with Gasteiger partial charge in [0.15, 0.2) is 0 Å². The van der Waals surface area contributed by atoms with Gasteiger partial charge in [-0.05, 0) is 58.9 Å². The third-order valence-corrected chi connectivity index (χ3v) is 6.61. The second-order valence-electron chi connectivity index (χ2n) is 11.2. The van der Waals surface area contributed by atoms with Gasteiger partial charge >= 0.3 is 6.09 Å². The van der Waals surface area contributed by atoms with Crippen LogP contribution in [0.3, 0.4) is 0 Å². The Balaban J connectivity index is 3.52. The number of hydrogen-bond donors (Lipinski definition) is 2. The van der Waals surface area contributed by atoms with Gasteiger partial charge in [-0.2, -0.15) is 0 Å². The van der Waals surface area contributed by atoms with Crippen molar-refractivity contribution < 1.29 is 19.1 Å². The van der Waals surface area contributed by atoms with Gasteiger partial charge in [-0.15, -0.1) is 0 Å². The lowest BCUT2D eigenvalue weighted by Gasteiger charge is -2.45. The average molecular weight is 504 g/mol. The van der Waals surface area contributed by atoms with Gasteiger partial charge in [-0.25, -0.2) is 4.79 Å². The van der Waals surface area contributed by atoms with Crippen molar-refractivity contribution in [2.75, 3.05) is 6.54 Å². The predicted octanol–water partition coefficient (Wildman–Crippen LogP) is 5.99. The van der Waals surface area contributed by atoms with Crippen LogP contribution >= 0.6 is 0 Å². The van der Waals surface area contributed by atoms with E-state index in [0.717, 1.165) is 24.8 Å². The van der Waals surface area contributed by atoms with Gasteiger partial charge in [0, 0.05) is 12.1 Å². The van der Waals surface area contributed by atoms with Gasteiger partial charge < -0.3 is 20.3 Å². The second-order valence-corrected chi connectivity index (χ2v) is 11.2. The number of amides is 3. The predicted molar refractivity (Wildman–Crippen MR) is 146 cm³/mol. The second kappa shape index (κ2) is 14.2. The fourth-order valence-electron chi connectivity index (χ4n) is 3.95. The van der Waals surface area contributed by atoms with Gasteiger partial charge in [0.1, 0.15) is 17.7 Å². The highest BCUT2D eigenvalue weighted by atomic mass is 16.6. The third-order valence-electron chi connectivity index (χ3n) is 6.61. The monoisotopic (exact) mass is 503 g/mol. The highest BCUT2D eigenvalue weighted by Gasteiger charge is 2.44. The Morgan fingerprint density at radius 2 is 1.58 bits per heavy atom. The summed E-state index contributed by atoms with van der Waals surface area (Å²) in [4.78, 5) is 42.4. The number of hydrogen-bond acceptors (Lipinski definition) is 4. The molecule has 1 aromatic rings. The lowest BCUT2D eigenvalue weighted by atomic mass is 9.89. The Hall–Kier alpha value is -2.57. The summed E-state index contributed by atoms with van der Waals surface area (Å²) in [6.07, 6.45) is 3.62. The van der Waals surface area contributed by atoms with Crippen LogP contribution in [0.15, 0.2) is 30.3 Å². The third kappa shape index (κ3) is 9.47. The molecule has 36 heavy (non-hydrogen) atoms. The molecule has 0 fully saturated rings. The molecule has 0 aliphatic carbocycles. The van der Waals surface area contributed by atoms with E-state index in [1.807, 2.05) is 65.0 Å². The summed E-state index contributed by atoms with van der Waals surface area (Å²) in [6, 6.07) is 7.72. The number of ether oxygens (including phenoxy) is 1. The van der Waals surface area contributed by atoms with Crippen molar-refractivity contribution in [1.82, 2.24) is 15.5 Å². The molecule has 204 valence electrons. The molecular formula is C29H49N3O4. The normalized spacial score (nSPS) is 14.4. The van der Waals surface area contributed by atoms with Crippen molar-refractivity contribution in [3.05, 3.63) is 35.9 Å². The maximum atomic E-state index is 14.3. The smallest absolute Gasteiger partial charge is 0.408 e. The Bertz CT molecular complexity index is 833. The summed E-state index contributed by atoms with van der Waals surface area (Å²) >= 11 is 0. The molecule has 2 N–H and O–H groups in total. The first-order chi connectivity index (χ1) is 16.8. The van der Waals surface area contributed by atoms with Crippen LogP contribution in [-0.4, -0.2) is 46.5 Å². The maximum Gasteiger partial charge on any atom is 0.408 e. The van der Waals surface area contributed by atoms with Gasteiger partial charge in [-0.3, -0.25) is 9.59 Å². The Labute approximate surface area is 218 Å². The molecule has 0 radical (unpaired) electrons. The van der Waals surface area contributed by atoms with Crippen molar-refractivity contribution >= 4 is 17.9 Å². The lowest BCUT2D eigenvalue weighted by molar-refractivity contribution is -0.150. The van der Waals surface area contributed by atoms with Crippen LogP contribution in [0.1, 0.15) is 106 Å². The summed E-state index contributed by atoms with van der Waals surface area (Å²) in [7, 11) is 0. The molecule has 7 heteroatoms.